The minimum Gasteiger partial charge on any atom is -0.374 e. The number of ether oxygens (including phenoxy) is 1. The zero-order chi connectivity index (χ0) is 12.2. The molecule has 0 aromatic heterocycles. The standard InChI is InChI=1S/C13H17FO2/c1-4-16-9-12(15)13(2,3)10-5-7-11(14)8-6-10/h5-8H,4,9H2,1-3H3. The van der Waals surface area contributed by atoms with Crippen LogP contribution in [-0.2, 0) is 14.9 Å². The van der Waals surface area contributed by atoms with Crippen molar-refractivity contribution >= 4 is 5.78 Å². The Morgan fingerprint density at radius 1 is 1.31 bits per heavy atom. The first-order valence-electron chi connectivity index (χ1n) is 5.35. The van der Waals surface area contributed by atoms with Crippen LogP contribution in [0.1, 0.15) is 26.3 Å². The predicted molar refractivity (Wildman–Crippen MR) is 60.9 cm³/mol. The van der Waals surface area contributed by atoms with Crippen LogP contribution in [0.15, 0.2) is 24.3 Å². The average Bonchev–Trinajstić information content (AvgIpc) is 2.26. The highest BCUT2D eigenvalue weighted by Crippen LogP contribution is 2.24. The molecule has 1 aromatic carbocycles. The fourth-order valence-corrected chi connectivity index (χ4v) is 1.40. The van der Waals surface area contributed by atoms with Crippen LogP contribution in [-0.4, -0.2) is 19.0 Å². The molecular weight excluding hydrogens is 207 g/mol. The van der Waals surface area contributed by atoms with Gasteiger partial charge in [0, 0.05) is 6.61 Å². The monoisotopic (exact) mass is 224 g/mol. The van der Waals surface area contributed by atoms with E-state index in [1.165, 1.54) is 12.1 Å². The molecule has 0 aliphatic rings. The number of carbonyl (C=O) groups is 1. The zero-order valence-electron chi connectivity index (χ0n) is 9.92. The summed E-state index contributed by atoms with van der Waals surface area (Å²) in [6.45, 7) is 6.10. The summed E-state index contributed by atoms with van der Waals surface area (Å²) in [5, 5.41) is 0. The van der Waals surface area contributed by atoms with Crippen molar-refractivity contribution < 1.29 is 13.9 Å². The third-order valence-corrected chi connectivity index (χ3v) is 2.70. The maximum absolute atomic E-state index is 12.8. The molecule has 0 N–H and O–H groups in total. The SMILES string of the molecule is CCOCC(=O)C(C)(C)c1ccc(F)cc1. The van der Waals surface area contributed by atoms with Gasteiger partial charge in [-0.05, 0) is 38.5 Å². The Hall–Kier alpha value is -1.22. The summed E-state index contributed by atoms with van der Waals surface area (Å²) in [5.74, 6) is -0.294. The van der Waals surface area contributed by atoms with E-state index >= 15 is 0 Å². The van der Waals surface area contributed by atoms with Gasteiger partial charge >= 0.3 is 0 Å². The van der Waals surface area contributed by atoms with E-state index < -0.39 is 5.41 Å². The van der Waals surface area contributed by atoms with Gasteiger partial charge in [-0.15, -0.1) is 0 Å². The van der Waals surface area contributed by atoms with Gasteiger partial charge in [-0.2, -0.15) is 0 Å². The van der Waals surface area contributed by atoms with Crippen molar-refractivity contribution in [3.05, 3.63) is 35.6 Å². The fourth-order valence-electron chi connectivity index (χ4n) is 1.40. The van der Waals surface area contributed by atoms with E-state index in [2.05, 4.69) is 0 Å². The number of Topliss-reactive ketones (excluding diaryl/α,β-unsaturated/α-hetero) is 1. The Kier molecular flexibility index (Phi) is 4.19. The van der Waals surface area contributed by atoms with E-state index in [0.717, 1.165) is 5.56 Å². The van der Waals surface area contributed by atoms with Gasteiger partial charge in [-0.3, -0.25) is 4.79 Å². The first-order chi connectivity index (χ1) is 7.48. The number of hydrogen-bond acceptors (Lipinski definition) is 2. The van der Waals surface area contributed by atoms with Gasteiger partial charge in [0.15, 0.2) is 5.78 Å². The number of rotatable bonds is 5. The first kappa shape index (κ1) is 12.8. The molecular formula is C13H17FO2. The largest absolute Gasteiger partial charge is 0.374 e. The van der Waals surface area contributed by atoms with Gasteiger partial charge in [0.2, 0.25) is 0 Å². The van der Waals surface area contributed by atoms with Gasteiger partial charge in [-0.25, -0.2) is 4.39 Å². The lowest BCUT2D eigenvalue weighted by atomic mass is 9.81. The van der Waals surface area contributed by atoms with Crippen LogP contribution in [0, 0.1) is 5.82 Å². The molecule has 0 aliphatic carbocycles. The third kappa shape index (κ3) is 2.89. The molecule has 1 rings (SSSR count). The lowest BCUT2D eigenvalue weighted by molar-refractivity contribution is -0.128. The summed E-state index contributed by atoms with van der Waals surface area (Å²) in [4.78, 5) is 11.9. The highest BCUT2D eigenvalue weighted by atomic mass is 19.1. The molecule has 0 unspecified atom stereocenters. The molecule has 2 nitrogen and oxygen atoms in total. The minimum atomic E-state index is -0.636. The van der Waals surface area contributed by atoms with Crippen LogP contribution in [0.5, 0.6) is 0 Å². The lowest BCUT2D eigenvalue weighted by Crippen LogP contribution is -2.32. The van der Waals surface area contributed by atoms with Crippen LogP contribution < -0.4 is 0 Å². The van der Waals surface area contributed by atoms with E-state index in [4.69, 9.17) is 4.74 Å². The Balaban J connectivity index is 2.83. The van der Waals surface area contributed by atoms with Crippen molar-refractivity contribution in [2.75, 3.05) is 13.2 Å². The molecule has 0 aliphatic heterocycles. The Bertz CT molecular complexity index is 355. The molecule has 0 bridgehead atoms. The lowest BCUT2D eigenvalue weighted by Gasteiger charge is -2.23. The molecule has 0 radical (unpaired) electrons. The molecule has 16 heavy (non-hydrogen) atoms. The molecule has 0 heterocycles. The highest BCUT2D eigenvalue weighted by Gasteiger charge is 2.29. The molecule has 3 heteroatoms. The molecule has 0 amide bonds. The second kappa shape index (κ2) is 5.21. The van der Waals surface area contributed by atoms with Crippen molar-refractivity contribution in [1.82, 2.24) is 0 Å². The van der Waals surface area contributed by atoms with Crippen LogP contribution in [0.25, 0.3) is 0 Å². The van der Waals surface area contributed by atoms with Crippen molar-refractivity contribution in [3.8, 4) is 0 Å². The number of benzene rings is 1. The summed E-state index contributed by atoms with van der Waals surface area (Å²) >= 11 is 0. The van der Waals surface area contributed by atoms with Gasteiger partial charge in [0.25, 0.3) is 0 Å². The third-order valence-electron chi connectivity index (χ3n) is 2.70. The van der Waals surface area contributed by atoms with Crippen molar-refractivity contribution in [2.45, 2.75) is 26.2 Å². The van der Waals surface area contributed by atoms with E-state index in [-0.39, 0.29) is 18.2 Å². The fraction of sp³-hybridized carbons (Fsp3) is 0.462. The molecule has 0 saturated carbocycles. The molecule has 0 fully saturated rings. The molecule has 0 spiro atoms. The molecule has 1 aromatic rings. The number of carbonyl (C=O) groups excluding carboxylic acids is 1. The summed E-state index contributed by atoms with van der Waals surface area (Å²) < 4.78 is 17.9. The van der Waals surface area contributed by atoms with E-state index in [1.807, 2.05) is 20.8 Å². The Labute approximate surface area is 95.4 Å². The summed E-state index contributed by atoms with van der Waals surface area (Å²) in [6, 6.07) is 6.01. The topological polar surface area (TPSA) is 26.3 Å². The normalized spacial score (nSPS) is 11.5. The van der Waals surface area contributed by atoms with Gasteiger partial charge in [0.05, 0.1) is 5.41 Å². The van der Waals surface area contributed by atoms with Crippen molar-refractivity contribution in [1.29, 1.82) is 0 Å². The van der Waals surface area contributed by atoms with Gasteiger partial charge < -0.3 is 4.74 Å². The summed E-state index contributed by atoms with van der Waals surface area (Å²) in [7, 11) is 0. The first-order valence-corrected chi connectivity index (χ1v) is 5.35. The van der Waals surface area contributed by atoms with Gasteiger partial charge in [-0.1, -0.05) is 12.1 Å². The number of halogens is 1. The van der Waals surface area contributed by atoms with E-state index in [9.17, 15) is 9.18 Å². The Morgan fingerprint density at radius 3 is 2.38 bits per heavy atom. The van der Waals surface area contributed by atoms with Gasteiger partial charge in [0.1, 0.15) is 12.4 Å². The highest BCUT2D eigenvalue weighted by molar-refractivity contribution is 5.90. The van der Waals surface area contributed by atoms with Crippen LogP contribution in [0.4, 0.5) is 4.39 Å². The van der Waals surface area contributed by atoms with Crippen LogP contribution in [0.3, 0.4) is 0 Å². The molecule has 0 saturated heterocycles. The van der Waals surface area contributed by atoms with Crippen LogP contribution >= 0.6 is 0 Å². The van der Waals surface area contributed by atoms with E-state index in [0.29, 0.717) is 6.61 Å². The second-order valence-corrected chi connectivity index (χ2v) is 4.19. The molecule has 0 atom stereocenters. The van der Waals surface area contributed by atoms with Crippen molar-refractivity contribution in [2.24, 2.45) is 0 Å². The average molecular weight is 224 g/mol. The number of ketones is 1. The van der Waals surface area contributed by atoms with E-state index in [1.54, 1.807) is 12.1 Å². The smallest absolute Gasteiger partial charge is 0.168 e. The quantitative estimate of drug-likeness (QED) is 0.768. The van der Waals surface area contributed by atoms with Crippen LogP contribution in [0.2, 0.25) is 0 Å². The Morgan fingerprint density at radius 2 is 1.88 bits per heavy atom. The van der Waals surface area contributed by atoms with Crippen molar-refractivity contribution in [3.63, 3.8) is 0 Å². The molecule has 88 valence electrons. The maximum Gasteiger partial charge on any atom is 0.168 e. The number of hydrogen-bond donors (Lipinski definition) is 0. The maximum atomic E-state index is 12.8. The summed E-state index contributed by atoms with van der Waals surface area (Å²) in [6.07, 6.45) is 0. The zero-order valence-corrected chi connectivity index (χ0v) is 9.92. The minimum absolute atomic E-state index is 0.000887. The summed E-state index contributed by atoms with van der Waals surface area (Å²) in [5.41, 5.74) is 0.168. The predicted octanol–water partition coefficient (Wildman–Crippen LogP) is 2.71. The second-order valence-electron chi connectivity index (χ2n) is 4.19.